The Hall–Kier alpha value is -2.89. The van der Waals surface area contributed by atoms with Crippen molar-refractivity contribution >= 4 is 17.9 Å². The van der Waals surface area contributed by atoms with E-state index in [1.807, 2.05) is 30.3 Å². The average molecular weight is 300 g/mol. The second kappa shape index (κ2) is 7.21. The molecule has 1 amide bonds. The number of nitrogens with zero attached hydrogens (tertiary/aromatic N) is 2. The summed E-state index contributed by atoms with van der Waals surface area (Å²) >= 11 is 0. The molecule has 6 heteroatoms. The summed E-state index contributed by atoms with van der Waals surface area (Å²) in [5.74, 6) is -0.888. The van der Waals surface area contributed by atoms with E-state index in [2.05, 4.69) is 4.98 Å². The van der Waals surface area contributed by atoms with Crippen molar-refractivity contribution in [1.82, 2.24) is 4.98 Å². The van der Waals surface area contributed by atoms with Gasteiger partial charge in [-0.15, -0.1) is 0 Å². The number of amides is 1. The molecule has 1 heterocycles. The van der Waals surface area contributed by atoms with Crippen LogP contribution in [0.2, 0.25) is 0 Å². The number of carbonyl (C=O) groups excluding carboxylic acids is 1. The molecule has 2 aromatic rings. The summed E-state index contributed by atoms with van der Waals surface area (Å²) in [6.07, 6.45) is -0.746. The van der Waals surface area contributed by atoms with Gasteiger partial charge in [0.1, 0.15) is 19.0 Å². The molecule has 1 aromatic carbocycles. The third-order valence-electron chi connectivity index (χ3n) is 2.87. The third kappa shape index (κ3) is 4.31. The van der Waals surface area contributed by atoms with E-state index >= 15 is 0 Å². The van der Waals surface area contributed by atoms with Crippen molar-refractivity contribution in [1.29, 1.82) is 0 Å². The summed E-state index contributed by atoms with van der Waals surface area (Å²) in [7, 11) is 0. The van der Waals surface area contributed by atoms with Crippen LogP contribution in [0, 0.1) is 6.92 Å². The molecule has 1 aromatic heterocycles. The lowest BCUT2D eigenvalue weighted by Gasteiger charge is -2.19. The van der Waals surface area contributed by atoms with Gasteiger partial charge in [0.15, 0.2) is 0 Å². The van der Waals surface area contributed by atoms with E-state index in [-0.39, 0.29) is 12.4 Å². The number of carbonyl (C=O) groups is 2. The summed E-state index contributed by atoms with van der Waals surface area (Å²) in [5, 5.41) is 8.97. The maximum absolute atomic E-state index is 12.2. The van der Waals surface area contributed by atoms with Gasteiger partial charge in [0.05, 0.1) is 0 Å². The highest BCUT2D eigenvalue weighted by atomic mass is 16.6. The summed E-state index contributed by atoms with van der Waals surface area (Å²) in [4.78, 5) is 28.3. The van der Waals surface area contributed by atoms with Crippen molar-refractivity contribution in [2.75, 3.05) is 11.4 Å². The SMILES string of the molecule is Cc1cccc(N(CC(=O)O)C(=O)OCc2ccccc2)n1. The van der Waals surface area contributed by atoms with E-state index in [4.69, 9.17) is 9.84 Å². The monoisotopic (exact) mass is 300 g/mol. The van der Waals surface area contributed by atoms with Crippen molar-refractivity contribution in [3.05, 3.63) is 59.8 Å². The van der Waals surface area contributed by atoms with E-state index in [0.717, 1.165) is 10.5 Å². The van der Waals surface area contributed by atoms with Gasteiger partial charge in [0, 0.05) is 5.69 Å². The molecule has 2 rings (SSSR count). The molecule has 1 N–H and O–H groups in total. The predicted octanol–water partition coefficient (Wildman–Crippen LogP) is 2.62. The summed E-state index contributed by atoms with van der Waals surface area (Å²) in [6.45, 7) is 1.32. The van der Waals surface area contributed by atoms with Gasteiger partial charge in [-0.05, 0) is 24.6 Å². The highest BCUT2D eigenvalue weighted by molar-refractivity contribution is 5.91. The van der Waals surface area contributed by atoms with Gasteiger partial charge >= 0.3 is 12.1 Å². The molecule has 114 valence electrons. The normalized spacial score (nSPS) is 10.0. The molecule has 0 radical (unpaired) electrons. The Balaban J connectivity index is 2.11. The first kappa shape index (κ1) is 15.5. The minimum Gasteiger partial charge on any atom is -0.480 e. The van der Waals surface area contributed by atoms with Crippen LogP contribution in [0.1, 0.15) is 11.3 Å². The van der Waals surface area contributed by atoms with Gasteiger partial charge in [0.25, 0.3) is 0 Å². The zero-order valence-corrected chi connectivity index (χ0v) is 12.1. The van der Waals surface area contributed by atoms with Crippen LogP contribution in [0.4, 0.5) is 10.6 Å². The minimum absolute atomic E-state index is 0.0710. The molecule has 0 bridgehead atoms. The van der Waals surface area contributed by atoms with Crippen molar-refractivity contribution in [3.8, 4) is 0 Å². The molecule has 0 aliphatic heterocycles. The Morgan fingerprint density at radius 1 is 1.14 bits per heavy atom. The second-order valence-corrected chi connectivity index (χ2v) is 4.66. The number of anilines is 1. The van der Waals surface area contributed by atoms with Crippen molar-refractivity contribution in [2.24, 2.45) is 0 Å². The number of pyridine rings is 1. The Labute approximate surface area is 128 Å². The molecular formula is C16H16N2O4. The summed E-state index contributed by atoms with van der Waals surface area (Å²) in [6, 6.07) is 14.2. The number of carboxylic acid groups (broad SMARTS) is 1. The fraction of sp³-hybridized carbons (Fsp3) is 0.188. The second-order valence-electron chi connectivity index (χ2n) is 4.66. The highest BCUT2D eigenvalue weighted by Gasteiger charge is 2.21. The van der Waals surface area contributed by atoms with Crippen molar-refractivity contribution in [3.63, 3.8) is 0 Å². The number of benzene rings is 1. The lowest BCUT2D eigenvalue weighted by molar-refractivity contribution is -0.135. The molecule has 0 aliphatic rings. The van der Waals surface area contributed by atoms with Gasteiger partial charge in [-0.25, -0.2) is 9.78 Å². The molecule has 0 spiro atoms. The van der Waals surface area contributed by atoms with Gasteiger partial charge in [-0.2, -0.15) is 0 Å². The number of hydrogen-bond acceptors (Lipinski definition) is 4. The van der Waals surface area contributed by atoms with Gasteiger partial charge in [0.2, 0.25) is 0 Å². The lowest BCUT2D eigenvalue weighted by Crippen LogP contribution is -2.36. The van der Waals surface area contributed by atoms with E-state index in [0.29, 0.717) is 5.69 Å². The Bertz CT molecular complexity index is 658. The topological polar surface area (TPSA) is 79.7 Å². The standard InChI is InChI=1S/C16H16N2O4/c1-12-6-5-9-14(17-12)18(10-15(19)20)16(21)22-11-13-7-3-2-4-8-13/h2-9H,10-11H2,1H3,(H,19,20). The van der Waals surface area contributed by atoms with Crippen LogP contribution in [0.3, 0.4) is 0 Å². The first-order valence-corrected chi connectivity index (χ1v) is 6.70. The van der Waals surface area contributed by atoms with E-state index in [9.17, 15) is 9.59 Å². The van der Waals surface area contributed by atoms with E-state index in [1.165, 1.54) is 0 Å². The number of aliphatic carboxylic acids is 1. The van der Waals surface area contributed by atoms with Crippen LogP contribution in [-0.4, -0.2) is 28.7 Å². The van der Waals surface area contributed by atoms with Crippen LogP contribution in [0.5, 0.6) is 0 Å². The summed E-state index contributed by atoms with van der Waals surface area (Å²) in [5.41, 5.74) is 1.51. The van der Waals surface area contributed by atoms with Crippen molar-refractivity contribution < 1.29 is 19.4 Å². The van der Waals surface area contributed by atoms with Crippen LogP contribution < -0.4 is 4.90 Å². The zero-order chi connectivity index (χ0) is 15.9. The molecule has 0 saturated heterocycles. The third-order valence-corrected chi connectivity index (χ3v) is 2.87. The number of hydrogen-bond donors (Lipinski definition) is 1. The Morgan fingerprint density at radius 3 is 2.50 bits per heavy atom. The van der Waals surface area contributed by atoms with Crippen LogP contribution in [0.25, 0.3) is 0 Å². The molecule has 0 aliphatic carbocycles. The van der Waals surface area contributed by atoms with Crippen LogP contribution >= 0.6 is 0 Å². The average Bonchev–Trinajstić information content (AvgIpc) is 2.51. The summed E-state index contributed by atoms with van der Waals surface area (Å²) < 4.78 is 5.17. The van der Waals surface area contributed by atoms with Gasteiger partial charge in [-0.3, -0.25) is 9.69 Å². The first-order chi connectivity index (χ1) is 10.6. The molecule has 0 unspecified atom stereocenters. The highest BCUT2D eigenvalue weighted by Crippen LogP contribution is 2.13. The number of aromatic nitrogens is 1. The molecule has 6 nitrogen and oxygen atoms in total. The Morgan fingerprint density at radius 2 is 1.86 bits per heavy atom. The fourth-order valence-corrected chi connectivity index (χ4v) is 1.85. The predicted molar refractivity (Wildman–Crippen MR) is 80.6 cm³/mol. The molecule has 22 heavy (non-hydrogen) atoms. The number of rotatable bonds is 5. The number of ether oxygens (including phenoxy) is 1. The van der Waals surface area contributed by atoms with E-state index < -0.39 is 18.6 Å². The van der Waals surface area contributed by atoms with Crippen LogP contribution in [-0.2, 0) is 16.1 Å². The zero-order valence-electron chi connectivity index (χ0n) is 12.1. The number of carboxylic acids is 1. The number of aryl methyl sites for hydroxylation is 1. The molecule has 0 atom stereocenters. The van der Waals surface area contributed by atoms with Crippen molar-refractivity contribution in [2.45, 2.75) is 13.5 Å². The maximum Gasteiger partial charge on any atom is 0.416 e. The largest absolute Gasteiger partial charge is 0.480 e. The van der Waals surface area contributed by atoms with E-state index in [1.54, 1.807) is 25.1 Å². The van der Waals surface area contributed by atoms with Gasteiger partial charge in [-0.1, -0.05) is 36.4 Å². The Kier molecular flexibility index (Phi) is 5.08. The van der Waals surface area contributed by atoms with Crippen LogP contribution in [0.15, 0.2) is 48.5 Å². The molecule has 0 fully saturated rings. The molecule has 0 saturated carbocycles. The smallest absolute Gasteiger partial charge is 0.416 e. The van der Waals surface area contributed by atoms with Gasteiger partial charge < -0.3 is 9.84 Å². The lowest BCUT2D eigenvalue weighted by atomic mass is 10.2. The molecular weight excluding hydrogens is 284 g/mol. The maximum atomic E-state index is 12.2. The fourth-order valence-electron chi connectivity index (χ4n) is 1.85. The first-order valence-electron chi connectivity index (χ1n) is 6.70. The minimum atomic E-state index is -1.14. The quantitative estimate of drug-likeness (QED) is 0.918.